The fraction of sp³-hybridized carbons (Fsp3) is 0.0769. The van der Waals surface area contributed by atoms with Crippen molar-refractivity contribution < 1.29 is 0 Å². The second-order valence-electron chi connectivity index (χ2n) is 3.08. The molecule has 2 radical (unpaired) electrons. The number of hydrogen-bond acceptors (Lipinski definition) is 0. The Morgan fingerprint density at radius 2 is 1.53 bits per heavy atom. The number of nitrogens with zero attached hydrogens (tertiary/aromatic N) is 1. The van der Waals surface area contributed by atoms with Crippen LogP contribution in [-0.4, -0.2) is 12.5 Å². The van der Waals surface area contributed by atoms with E-state index >= 15 is 0 Å². The topological polar surface area (TPSA) is 4.93 Å². The van der Waals surface area contributed by atoms with Crippen molar-refractivity contribution in [1.29, 1.82) is 0 Å². The first-order valence-electron chi connectivity index (χ1n) is 4.75. The van der Waals surface area contributed by atoms with E-state index in [1.54, 1.807) is 22.7 Å². The van der Waals surface area contributed by atoms with Crippen LogP contribution in [0.25, 0.3) is 24.3 Å². The summed E-state index contributed by atoms with van der Waals surface area (Å²) in [4.78, 5) is 0. The lowest BCUT2D eigenvalue weighted by atomic mass is 10.1. The number of aromatic nitrogens is 1. The second kappa shape index (κ2) is 4.69. The third kappa shape index (κ3) is 1.75. The van der Waals surface area contributed by atoms with Crippen molar-refractivity contribution in [3.8, 4) is 0 Å². The molecule has 0 N–H and O–H groups in total. The molecule has 0 spiro atoms. The molecule has 0 fully saturated rings. The number of hydrogen-bond donors (Lipinski definition) is 0. The quantitative estimate of drug-likeness (QED) is 0.649. The van der Waals surface area contributed by atoms with Crippen LogP contribution in [-0.2, 0) is 0 Å². The van der Waals surface area contributed by atoms with E-state index in [0.29, 0.717) is 0 Å². The Labute approximate surface area is 92.6 Å². The first-order valence-corrected chi connectivity index (χ1v) is 4.75. The zero-order chi connectivity index (χ0) is 11.4. The van der Waals surface area contributed by atoms with Crippen molar-refractivity contribution in [1.82, 2.24) is 4.48 Å². The summed E-state index contributed by atoms with van der Waals surface area (Å²) in [7, 11) is 5.95. The van der Waals surface area contributed by atoms with E-state index in [4.69, 9.17) is 7.98 Å². The third-order valence-electron chi connectivity index (χ3n) is 2.29. The van der Waals surface area contributed by atoms with Gasteiger partial charge in [-0.25, -0.2) is 0 Å². The van der Waals surface area contributed by atoms with Gasteiger partial charge in [-0.3, -0.25) is 0 Å². The molecule has 0 aliphatic carbocycles. The Morgan fingerprint density at radius 3 is 1.93 bits per heavy atom. The summed E-state index contributed by atoms with van der Waals surface area (Å²) < 4.78 is 1.60. The highest BCUT2D eigenvalue weighted by atomic mass is 14.9. The number of allylic oxidation sites excluding steroid dienone is 1. The van der Waals surface area contributed by atoms with Crippen molar-refractivity contribution in [2.24, 2.45) is 0 Å². The molecule has 2 heteroatoms. The molecule has 1 aromatic heterocycles. The van der Waals surface area contributed by atoms with E-state index in [9.17, 15) is 0 Å². The smallest absolute Gasteiger partial charge is 0.234 e. The van der Waals surface area contributed by atoms with Crippen molar-refractivity contribution in [2.75, 3.05) is 0 Å². The summed E-state index contributed by atoms with van der Waals surface area (Å²) in [6.45, 7) is 13.2. The van der Waals surface area contributed by atoms with Gasteiger partial charge in [0, 0.05) is 22.5 Å². The monoisotopic (exact) mass is 195 g/mol. The first-order chi connectivity index (χ1) is 7.21. The van der Waals surface area contributed by atoms with Crippen LogP contribution in [0.5, 0.6) is 0 Å². The Morgan fingerprint density at radius 1 is 1.00 bits per heavy atom. The van der Waals surface area contributed by atoms with Crippen LogP contribution >= 0.6 is 0 Å². The van der Waals surface area contributed by atoms with Crippen molar-refractivity contribution in [2.45, 2.75) is 6.92 Å². The van der Waals surface area contributed by atoms with E-state index < -0.39 is 0 Å². The molecule has 1 heterocycles. The summed E-state index contributed by atoms with van der Waals surface area (Å²) in [5.74, 6) is 0. The van der Waals surface area contributed by atoms with Gasteiger partial charge in [0.2, 0.25) is 7.98 Å². The van der Waals surface area contributed by atoms with E-state index in [0.717, 1.165) is 22.5 Å². The van der Waals surface area contributed by atoms with E-state index in [1.165, 1.54) is 0 Å². The van der Waals surface area contributed by atoms with Crippen LogP contribution in [0.2, 0.25) is 0 Å². The molecular weight excluding hydrogens is 181 g/mol. The normalized spacial score (nSPS) is 10.5. The Balaban J connectivity index is 3.64. The van der Waals surface area contributed by atoms with Crippen molar-refractivity contribution in [3.05, 3.63) is 48.3 Å². The fourth-order valence-corrected chi connectivity index (χ4v) is 1.63. The lowest BCUT2D eigenvalue weighted by Crippen LogP contribution is -1.97. The second-order valence-corrected chi connectivity index (χ2v) is 3.08. The summed E-state index contributed by atoms with van der Waals surface area (Å²) >= 11 is 0. The van der Waals surface area contributed by atoms with Gasteiger partial charge in [0.1, 0.15) is 0 Å². The van der Waals surface area contributed by atoms with Crippen molar-refractivity contribution in [3.63, 3.8) is 0 Å². The molecule has 0 aliphatic heterocycles. The molecule has 0 saturated heterocycles. The lowest BCUT2D eigenvalue weighted by molar-refractivity contribution is 1.20. The van der Waals surface area contributed by atoms with E-state index in [-0.39, 0.29) is 0 Å². The third-order valence-corrected chi connectivity index (χ3v) is 2.29. The maximum Gasteiger partial charge on any atom is 0.234 e. The van der Waals surface area contributed by atoms with Gasteiger partial charge in [-0.05, 0) is 19.1 Å². The maximum atomic E-state index is 5.95. The molecule has 74 valence electrons. The minimum absolute atomic E-state index is 0.855. The van der Waals surface area contributed by atoms with Crippen LogP contribution in [0.1, 0.15) is 29.4 Å². The average Bonchev–Trinajstić information content (AvgIpc) is 2.51. The van der Waals surface area contributed by atoms with Gasteiger partial charge in [-0.2, -0.15) is 0 Å². The zero-order valence-corrected chi connectivity index (χ0v) is 9.03. The predicted octanol–water partition coefficient (Wildman–Crippen LogP) is 3.38. The van der Waals surface area contributed by atoms with Crippen LogP contribution in [0.4, 0.5) is 0 Å². The molecule has 0 atom stereocenters. The molecule has 0 aliphatic rings. The molecule has 0 aromatic carbocycles. The molecule has 0 amide bonds. The zero-order valence-electron chi connectivity index (χ0n) is 9.03. The van der Waals surface area contributed by atoms with Crippen LogP contribution in [0, 0.1) is 0 Å². The van der Waals surface area contributed by atoms with Crippen molar-refractivity contribution >= 4 is 32.3 Å². The maximum absolute atomic E-state index is 5.95. The molecule has 0 bridgehead atoms. The van der Waals surface area contributed by atoms with Crippen LogP contribution in [0.15, 0.2) is 25.8 Å². The largest absolute Gasteiger partial charge is 0.397 e. The first kappa shape index (κ1) is 11.4. The van der Waals surface area contributed by atoms with E-state index in [2.05, 4.69) is 19.7 Å². The van der Waals surface area contributed by atoms with Gasteiger partial charge in [-0.1, -0.05) is 38.0 Å². The minimum Gasteiger partial charge on any atom is -0.397 e. The molecule has 0 saturated carbocycles. The standard InChI is InChI=1S/C13H14BN/c1-5-9-13-11(7-3)10(6-2)12(8-4)15(13)14/h5-9H,2-4H2,1H3/b9-5-. The summed E-state index contributed by atoms with van der Waals surface area (Å²) in [5.41, 5.74) is 3.72. The Kier molecular flexibility index (Phi) is 3.56. The van der Waals surface area contributed by atoms with E-state index in [1.807, 2.05) is 19.1 Å². The predicted molar refractivity (Wildman–Crippen MR) is 70.6 cm³/mol. The average molecular weight is 195 g/mol. The van der Waals surface area contributed by atoms with Gasteiger partial charge in [0.15, 0.2) is 0 Å². The fourth-order valence-electron chi connectivity index (χ4n) is 1.63. The van der Waals surface area contributed by atoms with Crippen LogP contribution in [0.3, 0.4) is 0 Å². The molecular formula is C13H14BN. The molecule has 1 aromatic rings. The van der Waals surface area contributed by atoms with Gasteiger partial charge in [-0.15, -0.1) is 0 Å². The molecule has 0 unspecified atom stereocenters. The van der Waals surface area contributed by atoms with Gasteiger partial charge in [0.05, 0.1) is 0 Å². The SMILES string of the molecule is [B]n1c(C=C)c(C=C)c(C=C)c1/C=C\C. The highest BCUT2D eigenvalue weighted by Gasteiger charge is 2.11. The van der Waals surface area contributed by atoms with Gasteiger partial charge in [0.25, 0.3) is 0 Å². The number of rotatable bonds is 4. The summed E-state index contributed by atoms with van der Waals surface area (Å²) in [6.07, 6.45) is 9.15. The molecule has 1 nitrogen and oxygen atoms in total. The minimum atomic E-state index is 0.855. The Hall–Kier alpha value is -1.70. The highest BCUT2D eigenvalue weighted by molar-refractivity contribution is 6.10. The summed E-state index contributed by atoms with van der Waals surface area (Å²) in [6, 6.07) is 0. The highest BCUT2D eigenvalue weighted by Crippen LogP contribution is 2.26. The van der Waals surface area contributed by atoms with Gasteiger partial charge >= 0.3 is 0 Å². The molecule has 15 heavy (non-hydrogen) atoms. The van der Waals surface area contributed by atoms with Gasteiger partial charge < -0.3 is 4.48 Å². The summed E-state index contributed by atoms with van der Waals surface area (Å²) in [5, 5.41) is 0. The molecule has 1 rings (SSSR count). The van der Waals surface area contributed by atoms with Crippen LogP contribution < -0.4 is 0 Å². The Bertz CT molecular complexity index is 436. The lowest BCUT2D eigenvalue weighted by Gasteiger charge is -2.01.